The Bertz CT molecular complexity index is 1040. The number of ether oxygens (including phenoxy) is 1. The summed E-state index contributed by atoms with van der Waals surface area (Å²) < 4.78 is 6.40. The van der Waals surface area contributed by atoms with Gasteiger partial charge in [0.05, 0.1) is 12.2 Å². The molecule has 0 aliphatic carbocycles. The molecule has 4 rings (SSSR count). The van der Waals surface area contributed by atoms with Crippen LogP contribution in [-0.2, 0) is 30.7 Å². The van der Waals surface area contributed by atoms with Gasteiger partial charge in [-0.15, -0.1) is 0 Å². The van der Waals surface area contributed by atoms with Gasteiger partial charge in [-0.1, -0.05) is 24.3 Å². The first-order chi connectivity index (χ1) is 15.6. The molecule has 2 atom stereocenters. The third kappa shape index (κ3) is 5.63. The minimum absolute atomic E-state index is 0. The second-order valence-electron chi connectivity index (χ2n) is 10.2. The van der Waals surface area contributed by atoms with Crippen LogP contribution >= 0.6 is 0 Å². The van der Waals surface area contributed by atoms with Crippen molar-refractivity contribution in [2.75, 3.05) is 4.90 Å². The zero-order chi connectivity index (χ0) is 23.9. The van der Waals surface area contributed by atoms with Gasteiger partial charge in [-0.05, 0) is 74.8 Å². The summed E-state index contributed by atoms with van der Waals surface area (Å²) in [5, 5.41) is 31.0. The molecule has 7 heteroatoms. The Balaban J connectivity index is 0.00000324. The number of carbonyl (C=O) groups excluding carboxylic acids is 1. The molecule has 6 nitrogen and oxygen atoms in total. The van der Waals surface area contributed by atoms with Crippen LogP contribution in [0.5, 0.6) is 5.75 Å². The van der Waals surface area contributed by atoms with Crippen LogP contribution in [0.15, 0.2) is 24.3 Å². The van der Waals surface area contributed by atoms with Crippen molar-refractivity contribution >= 4 is 11.7 Å². The molecule has 2 aromatic rings. The first kappa shape index (κ1) is 27.0. The monoisotopic (exact) mass is 475 g/mol. The van der Waals surface area contributed by atoms with Crippen molar-refractivity contribution in [3.8, 4) is 5.75 Å². The summed E-state index contributed by atoms with van der Waals surface area (Å²) in [6.07, 6.45) is -0.508. The van der Waals surface area contributed by atoms with Gasteiger partial charge in [-0.2, -0.15) is 0 Å². The van der Waals surface area contributed by atoms with Crippen molar-refractivity contribution in [1.82, 2.24) is 0 Å². The molecule has 0 fully saturated rings. The summed E-state index contributed by atoms with van der Waals surface area (Å²) >= 11 is 0. The number of anilines is 1. The molecule has 2 aliphatic rings. The van der Waals surface area contributed by atoms with Crippen LogP contribution in [0.1, 0.15) is 66.5 Å². The first-order valence-electron chi connectivity index (χ1n) is 11.8. The predicted molar refractivity (Wildman–Crippen MR) is 125 cm³/mol. The van der Waals surface area contributed by atoms with E-state index in [0.29, 0.717) is 12.8 Å². The van der Waals surface area contributed by atoms with Gasteiger partial charge in [0.25, 0.3) is 0 Å². The standard InChI is InChI=1S/C27H35NO5.Na/c1-16-22(10-9-20(29)11-21(30)12-24(31)32)26-23(13-27(3,4)33-26)17(2)25(16)28-14-18-7-5-6-8-19(18)15-28;/h5-8,20-21,29-30H,9-15H2,1-4H3,(H,31,32);/q;+1/p-1. The summed E-state index contributed by atoms with van der Waals surface area (Å²) in [6, 6.07) is 8.55. The first-order valence-corrected chi connectivity index (χ1v) is 11.8. The van der Waals surface area contributed by atoms with Crippen molar-refractivity contribution < 1.29 is 54.4 Å². The Morgan fingerprint density at radius 1 is 1.12 bits per heavy atom. The number of aliphatic carboxylic acids is 1. The average Bonchev–Trinajstić information content (AvgIpc) is 3.27. The summed E-state index contributed by atoms with van der Waals surface area (Å²) in [5.41, 5.74) is 8.42. The van der Waals surface area contributed by atoms with Crippen LogP contribution < -0.4 is 44.3 Å². The van der Waals surface area contributed by atoms with Crippen LogP contribution in [-0.4, -0.2) is 34.0 Å². The van der Waals surface area contributed by atoms with Crippen LogP contribution in [0.4, 0.5) is 5.69 Å². The van der Waals surface area contributed by atoms with Gasteiger partial charge >= 0.3 is 29.6 Å². The van der Waals surface area contributed by atoms with Gasteiger partial charge in [0, 0.05) is 43.2 Å². The second-order valence-corrected chi connectivity index (χ2v) is 10.2. The summed E-state index contributed by atoms with van der Waals surface area (Å²) in [5.74, 6) is -0.383. The fourth-order valence-electron chi connectivity index (χ4n) is 5.45. The van der Waals surface area contributed by atoms with E-state index in [1.807, 2.05) is 0 Å². The summed E-state index contributed by atoms with van der Waals surface area (Å²) in [7, 11) is 0. The van der Waals surface area contributed by atoms with Crippen molar-refractivity contribution in [3.63, 3.8) is 0 Å². The molecule has 0 amide bonds. The molecular formula is C27H34NNaO5. The number of rotatable bonds is 8. The number of carbonyl (C=O) groups is 1. The number of fused-ring (bicyclic) bond motifs is 2. The topological polar surface area (TPSA) is 93.1 Å². The minimum atomic E-state index is -1.31. The third-order valence-corrected chi connectivity index (χ3v) is 6.98. The summed E-state index contributed by atoms with van der Waals surface area (Å²) in [6.45, 7) is 10.3. The van der Waals surface area contributed by atoms with E-state index in [2.05, 4.69) is 56.9 Å². The van der Waals surface area contributed by atoms with E-state index in [1.165, 1.54) is 33.5 Å². The minimum Gasteiger partial charge on any atom is -0.550 e. The average molecular weight is 476 g/mol. The largest absolute Gasteiger partial charge is 1.00 e. The number of aliphatic hydroxyl groups excluding tert-OH is 2. The van der Waals surface area contributed by atoms with Gasteiger partial charge in [0.2, 0.25) is 0 Å². The molecule has 0 bridgehead atoms. The zero-order valence-electron chi connectivity index (χ0n) is 21.0. The maximum Gasteiger partial charge on any atom is 1.00 e. The molecule has 34 heavy (non-hydrogen) atoms. The number of benzene rings is 2. The molecule has 2 heterocycles. The Morgan fingerprint density at radius 2 is 1.74 bits per heavy atom. The van der Waals surface area contributed by atoms with E-state index < -0.39 is 24.6 Å². The van der Waals surface area contributed by atoms with Gasteiger partial charge in [-0.25, -0.2) is 0 Å². The molecule has 2 N–H and O–H groups in total. The molecule has 0 spiro atoms. The molecule has 178 valence electrons. The molecule has 2 unspecified atom stereocenters. The molecule has 2 aliphatic heterocycles. The van der Waals surface area contributed by atoms with Crippen LogP contribution in [0, 0.1) is 13.8 Å². The van der Waals surface area contributed by atoms with E-state index in [-0.39, 0.29) is 41.6 Å². The quantitative estimate of drug-likeness (QED) is 0.511. The molecule has 2 aromatic carbocycles. The zero-order valence-corrected chi connectivity index (χ0v) is 23.0. The molecule has 0 aromatic heterocycles. The normalized spacial score (nSPS) is 17.4. The van der Waals surface area contributed by atoms with E-state index in [1.54, 1.807) is 0 Å². The molecule has 0 saturated heterocycles. The molecule has 0 radical (unpaired) electrons. The van der Waals surface area contributed by atoms with Crippen LogP contribution in [0.25, 0.3) is 0 Å². The third-order valence-electron chi connectivity index (χ3n) is 6.98. The fraction of sp³-hybridized carbons (Fsp3) is 0.519. The smallest absolute Gasteiger partial charge is 0.550 e. The van der Waals surface area contributed by atoms with Gasteiger partial charge in [0.1, 0.15) is 11.4 Å². The predicted octanol–water partition coefficient (Wildman–Crippen LogP) is -0.274. The Kier molecular flexibility index (Phi) is 8.42. The van der Waals surface area contributed by atoms with Crippen molar-refractivity contribution in [3.05, 3.63) is 57.6 Å². The Morgan fingerprint density at radius 3 is 2.32 bits per heavy atom. The van der Waals surface area contributed by atoms with E-state index in [4.69, 9.17) is 4.74 Å². The summed E-state index contributed by atoms with van der Waals surface area (Å²) in [4.78, 5) is 13.1. The van der Waals surface area contributed by atoms with E-state index in [9.17, 15) is 20.1 Å². The maximum atomic E-state index is 10.7. The van der Waals surface area contributed by atoms with E-state index >= 15 is 0 Å². The number of aliphatic hydroxyl groups is 2. The maximum absolute atomic E-state index is 10.7. The fourth-order valence-corrected chi connectivity index (χ4v) is 5.45. The number of carboxylic acid groups (broad SMARTS) is 1. The Hall–Kier alpha value is -1.57. The molecule has 0 saturated carbocycles. The Labute approximate surface area is 224 Å². The number of carboxylic acids is 1. The van der Waals surface area contributed by atoms with Crippen molar-refractivity contribution in [2.24, 2.45) is 0 Å². The number of hydrogen-bond acceptors (Lipinski definition) is 6. The van der Waals surface area contributed by atoms with E-state index in [0.717, 1.165) is 30.8 Å². The van der Waals surface area contributed by atoms with Gasteiger partial charge in [0.15, 0.2) is 0 Å². The van der Waals surface area contributed by atoms with Gasteiger partial charge in [-0.3, -0.25) is 0 Å². The number of hydrogen-bond donors (Lipinski definition) is 2. The SMILES string of the molecule is Cc1c(CCC(O)CC(O)CC(=O)[O-])c2c(c(C)c1N1Cc3ccccc3C1)CC(C)(C)O2.[Na+]. The van der Waals surface area contributed by atoms with Gasteiger partial charge < -0.3 is 29.8 Å². The van der Waals surface area contributed by atoms with Crippen molar-refractivity contribution in [1.29, 1.82) is 0 Å². The van der Waals surface area contributed by atoms with Crippen LogP contribution in [0.3, 0.4) is 0 Å². The number of nitrogens with zero attached hydrogens (tertiary/aromatic N) is 1. The van der Waals surface area contributed by atoms with Crippen molar-refractivity contribution in [2.45, 2.75) is 90.7 Å². The molecular weight excluding hydrogens is 441 g/mol. The van der Waals surface area contributed by atoms with Crippen LogP contribution in [0.2, 0.25) is 0 Å². The second kappa shape index (κ2) is 10.6.